The van der Waals surface area contributed by atoms with Gasteiger partial charge in [-0.25, -0.2) is 4.39 Å². The van der Waals surface area contributed by atoms with E-state index in [0.29, 0.717) is 5.69 Å². The molecule has 0 radical (unpaired) electrons. The van der Waals surface area contributed by atoms with Gasteiger partial charge in [-0.3, -0.25) is 0 Å². The van der Waals surface area contributed by atoms with Crippen LogP contribution in [0.4, 0.5) is 10.1 Å². The summed E-state index contributed by atoms with van der Waals surface area (Å²) in [4.78, 5) is 1.96. The molecular formula is C12H19FN2. The van der Waals surface area contributed by atoms with Crippen molar-refractivity contribution in [2.45, 2.75) is 19.4 Å². The maximum absolute atomic E-state index is 13.5. The Labute approximate surface area is 91.1 Å². The fourth-order valence-electron chi connectivity index (χ4n) is 1.60. The summed E-state index contributed by atoms with van der Waals surface area (Å²) in [5, 5.41) is 3.11. The van der Waals surface area contributed by atoms with Gasteiger partial charge in [-0.2, -0.15) is 0 Å². The molecule has 0 fully saturated rings. The standard InChI is InChI=1S/C12H19FN2/c1-12(2,9-14-3)15(4)11-8-6-5-7-10(11)13/h5-8,14H,9H2,1-4H3. The molecule has 0 bridgehead atoms. The number of hydrogen-bond acceptors (Lipinski definition) is 2. The molecule has 1 N–H and O–H groups in total. The smallest absolute Gasteiger partial charge is 0.146 e. The molecule has 0 aliphatic heterocycles. The maximum atomic E-state index is 13.5. The van der Waals surface area contributed by atoms with Crippen LogP contribution in [0.3, 0.4) is 0 Å². The largest absolute Gasteiger partial charge is 0.366 e. The third-order valence-electron chi connectivity index (χ3n) is 2.73. The molecule has 0 saturated heterocycles. The number of likely N-dealkylation sites (N-methyl/N-ethyl adjacent to an activating group) is 2. The molecule has 0 heterocycles. The predicted octanol–water partition coefficient (Wildman–Crippen LogP) is 2.26. The lowest BCUT2D eigenvalue weighted by Gasteiger charge is -2.37. The molecule has 0 atom stereocenters. The van der Waals surface area contributed by atoms with E-state index >= 15 is 0 Å². The molecule has 1 aromatic rings. The van der Waals surface area contributed by atoms with Crippen molar-refractivity contribution in [1.29, 1.82) is 0 Å². The third kappa shape index (κ3) is 2.69. The van der Waals surface area contributed by atoms with Gasteiger partial charge in [0.25, 0.3) is 0 Å². The first kappa shape index (κ1) is 12.0. The molecule has 84 valence electrons. The van der Waals surface area contributed by atoms with Gasteiger partial charge in [-0.15, -0.1) is 0 Å². The Morgan fingerprint density at radius 2 is 1.93 bits per heavy atom. The fourth-order valence-corrected chi connectivity index (χ4v) is 1.60. The number of rotatable bonds is 4. The minimum Gasteiger partial charge on any atom is -0.366 e. The fraction of sp³-hybridized carbons (Fsp3) is 0.500. The van der Waals surface area contributed by atoms with Gasteiger partial charge in [0.2, 0.25) is 0 Å². The van der Waals surface area contributed by atoms with E-state index in [1.165, 1.54) is 6.07 Å². The van der Waals surface area contributed by atoms with Crippen LogP contribution in [0.5, 0.6) is 0 Å². The Balaban J connectivity index is 2.93. The van der Waals surface area contributed by atoms with Gasteiger partial charge in [0.1, 0.15) is 5.82 Å². The van der Waals surface area contributed by atoms with Gasteiger partial charge >= 0.3 is 0 Å². The number of benzene rings is 1. The van der Waals surface area contributed by atoms with Gasteiger partial charge in [-0.1, -0.05) is 12.1 Å². The lowest BCUT2D eigenvalue weighted by molar-refractivity contribution is 0.456. The molecule has 0 saturated carbocycles. The quantitative estimate of drug-likeness (QED) is 0.820. The summed E-state index contributed by atoms with van der Waals surface area (Å²) in [7, 11) is 3.81. The van der Waals surface area contributed by atoms with Crippen LogP contribution in [0.2, 0.25) is 0 Å². The molecule has 3 heteroatoms. The Hall–Kier alpha value is -1.09. The number of nitrogens with one attached hydrogen (secondary N) is 1. The average Bonchev–Trinajstić information content (AvgIpc) is 2.17. The molecule has 2 nitrogen and oxygen atoms in total. The summed E-state index contributed by atoms with van der Waals surface area (Å²) in [5.41, 5.74) is 0.523. The summed E-state index contributed by atoms with van der Waals surface area (Å²) < 4.78 is 13.5. The number of hydrogen-bond donors (Lipinski definition) is 1. The van der Waals surface area contributed by atoms with E-state index in [0.717, 1.165) is 6.54 Å². The van der Waals surface area contributed by atoms with Crippen molar-refractivity contribution in [3.63, 3.8) is 0 Å². The molecule has 0 amide bonds. The molecule has 1 aromatic carbocycles. The molecule has 0 aliphatic carbocycles. The third-order valence-corrected chi connectivity index (χ3v) is 2.73. The van der Waals surface area contributed by atoms with E-state index in [1.54, 1.807) is 12.1 Å². The van der Waals surface area contributed by atoms with Crippen LogP contribution in [-0.4, -0.2) is 26.2 Å². The molecule has 15 heavy (non-hydrogen) atoms. The molecular weight excluding hydrogens is 191 g/mol. The Morgan fingerprint density at radius 3 is 2.47 bits per heavy atom. The summed E-state index contributed by atoms with van der Waals surface area (Å²) in [5.74, 6) is -0.177. The maximum Gasteiger partial charge on any atom is 0.146 e. The van der Waals surface area contributed by atoms with Gasteiger partial charge in [0, 0.05) is 19.1 Å². The van der Waals surface area contributed by atoms with Crippen LogP contribution in [0.25, 0.3) is 0 Å². The summed E-state index contributed by atoms with van der Waals surface area (Å²) in [6.45, 7) is 4.96. The van der Waals surface area contributed by atoms with E-state index in [2.05, 4.69) is 19.2 Å². The Morgan fingerprint density at radius 1 is 1.33 bits per heavy atom. The molecule has 0 aliphatic rings. The van der Waals surface area contributed by atoms with Crippen LogP contribution in [0.1, 0.15) is 13.8 Å². The molecule has 0 aromatic heterocycles. The Kier molecular flexibility index (Phi) is 3.69. The zero-order valence-electron chi connectivity index (χ0n) is 9.84. The normalized spacial score (nSPS) is 11.5. The van der Waals surface area contributed by atoms with Crippen molar-refractivity contribution >= 4 is 5.69 Å². The lowest BCUT2D eigenvalue weighted by Crippen LogP contribution is -2.48. The summed E-state index contributed by atoms with van der Waals surface area (Å²) in [6, 6.07) is 6.84. The second-order valence-corrected chi connectivity index (χ2v) is 4.35. The highest BCUT2D eigenvalue weighted by molar-refractivity contribution is 5.49. The zero-order chi connectivity index (χ0) is 11.5. The van der Waals surface area contributed by atoms with E-state index in [-0.39, 0.29) is 11.4 Å². The number of para-hydroxylation sites is 1. The van der Waals surface area contributed by atoms with E-state index in [1.807, 2.05) is 25.1 Å². The van der Waals surface area contributed by atoms with Crippen molar-refractivity contribution in [2.75, 3.05) is 25.5 Å². The number of anilines is 1. The minimum atomic E-state index is -0.177. The number of nitrogens with zero attached hydrogens (tertiary/aromatic N) is 1. The first-order valence-corrected chi connectivity index (χ1v) is 5.12. The molecule has 0 spiro atoms. The average molecular weight is 210 g/mol. The predicted molar refractivity (Wildman–Crippen MR) is 62.8 cm³/mol. The van der Waals surface area contributed by atoms with Crippen molar-refractivity contribution in [3.8, 4) is 0 Å². The van der Waals surface area contributed by atoms with Crippen LogP contribution < -0.4 is 10.2 Å². The Bertz CT molecular complexity index is 323. The van der Waals surface area contributed by atoms with Crippen LogP contribution >= 0.6 is 0 Å². The van der Waals surface area contributed by atoms with Crippen LogP contribution in [0, 0.1) is 5.82 Å². The van der Waals surface area contributed by atoms with Crippen LogP contribution in [0.15, 0.2) is 24.3 Å². The first-order chi connectivity index (χ1) is 6.99. The lowest BCUT2D eigenvalue weighted by atomic mass is 10.0. The second kappa shape index (κ2) is 4.62. The van der Waals surface area contributed by atoms with E-state index in [9.17, 15) is 4.39 Å². The van der Waals surface area contributed by atoms with E-state index < -0.39 is 0 Å². The van der Waals surface area contributed by atoms with Gasteiger partial charge in [0.05, 0.1) is 5.69 Å². The topological polar surface area (TPSA) is 15.3 Å². The highest BCUT2D eigenvalue weighted by Gasteiger charge is 2.24. The minimum absolute atomic E-state index is 0.114. The van der Waals surface area contributed by atoms with E-state index in [4.69, 9.17) is 0 Å². The van der Waals surface area contributed by atoms with Crippen LogP contribution in [-0.2, 0) is 0 Å². The molecule has 0 unspecified atom stereocenters. The SMILES string of the molecule is CNCC(C)(C)N(C)c1ccccc1F. The number of halogens is 1. The highest BCUT2D eigenvalue weighted by Crippen LogP contribution is 2.24. The second-order valence-electron chi connectivity index (χ2n) is 4.35. The summed E-state index contributed by atoms with van der Waals surface area (Å²) >= 11 is 0. The van der Waals surface area contributed by atoms with Crippen molar-refractivity contribution in [1.82, 2.24) is 5.32 Å². The van der Waals surface area contributed by atoms with Crippen molar-refractivity contribution < 1.29 is 4.39 Å². The zero-order valence-corrected chi connectivity index (χ0v) is 9.84. The van der Waals surface area contributed by atoms with Crippen molar-refractivity contribution in [2.24, 2.45) is 0 Å². The van der Waals surface area contributed by atoms with Gasteiger partial charge in [0.15, 0.2) is 0 Å². The highest BCUT2D eigenvalue weighted by atomic mass is 19.1. The first-order valence-electron chi connectivity index (χ1n) is 5.12. The summed E-state index contributed by atoms with van der Waals surface area (Å²) in [6.07, 6.45) is 0. The molecule has 1 rings (SSSR count). The monoisotopic (exact) mass is 210 g/mol. The van der Waals surface area contributed by atoms with Gasteiger partial charge < -0.3 is 10.2 Å². The van der Waals surface area contributed by atoms with Gasteiger partial charge in [-0.05, 0) is 33.0 Å². The van der Waals surface area contributed by atoms with Crippen molar-refractivity contribution in [3.05, 3.63) is 30.1 Å².